The fraction of sp³-hybridized carbons (Fsp3) is 0.938. The largest absolute Gasteiger partial charge is 0.342 e. The lowest BCUT2D eigenvalue weighted by atomic mass is 9.96. The molecule has 0 bridgehead atoms. The highest BCUT2D eigenvalue weighted by Gasteiger charge is 2.29. The van der Waals surface area contributed by atoms with Gasteiger partial charge in [0.05, 0.1) is 6.54 Å². The van der Waals surface area contributed by atoms with Gasteiger partial charge in [-0.05, 0) is 53.1 Å². The van der Waals surface area contributed by atoms with Crippen molar-refractivity contribution in [2.75, 3.05) is 32.7 Å². The molecule has 0 spiro atoms. The van der Waals surface area contributed by atoms with E-state index >= 15 is 0 Å². The number of carbonyl (C=O) groups is 1. The molecule has 1 aliphatic heterocycles. The van der Waals surface area contributed by atoms with Crippen molar-refractivity contribution >= 4 is 5.91 Å². The molecule has 1 aliphatic rings. The van der Waals surface area contributed by atoms with Crippen molar-refractivity contribution in [1.29, 1.82) is 0 Å². The predicted molar refractivity (Wildman–Crippen MR) is 84.9 cm³/mol. The van der Waals surface area contributed by atoms with Gasteiger partial charge in [-0.15, -0.1) is 0 Å². The van der Waals surface area contributed by atoms with Gasteiger partial charge < -0.3 is 10.2 Å². The Morgan fingerprint density at radius 2 is 2.00 bits per heavy atom. The van der Waals surface area contributed by atoms with Crippen molar-refractivity contribution in [3.63, 3.8) is 0 Å². The molecule has 0 aliphatic carbocycles. The van der Waals surface area contributed by atoms with Gasteiger partial charge in [0.2, 0.25) is 5.91 Å². The van der Waals surface area contributed by atoms with Gasteiger partial charge in [0.15, 0.2) is 0 Å². The Bertz CT molecular complexity index is 279. The Hall–Kier alpha value is -0.610. The number of likely N-dealkylation sites (N-methyl/N-ethyl adjacent to an activating group) is 1. The Morgan fingerprint density at radius 1 is 1.30 bits per heavy atom. The van der Waals surface area contributed by atoms with E-state index in [0.29, 0.717) is 18.6 Å². The van der Waals surface area contributed by atoms with Crippen LogP contribution in [0.25, 0.3) is 0 Å². The summed E-state index contributed by atoms with van der Waals surface area (Å²) in [4.78, 5) is 16.7. The van der Waals surface area contributed by atoms with Crippen LogP contribution in [0.15, 0.2) is 0 Å². The smallest absolute Gasteiger partial charge is 0.236 e. The molecule has 1 saturated heterocycles. The fourth-order valence-corrected chi connectivity index (χ4v) is 3.14. The zero-order valence-corrected chi connectivity index (χ0v) is 13.8. The van der Waals surface area contributed by atoms with Crippen molar-refractivity contribution < 1.29 is 4.79 Å². The van der Waals surface area contributed by atoms with Gasteiger partial charge in [-0.2, -0.15) is 0 Å². The molecule has 1 fully saturated rings. The molecule has 0 radical (unpaired) electrons. The predicted octanol–water partition coefficient (Wildman–Crippen LogP) is 2.10. The first-order chi connectivity index (χ1) is 9.63. The van der Waals surface area contributed by atoms with Crippen LogP contribution >= 0.6 is 0 Å². The summed E-state index contributed by atoms with van der Waals surface area (Å²) in [7, 11) is 0. The summed E-state index contributed by atoms with van der Waals surface area (Å²) >= 11 is 0. The highest BCUT2D eigenvalue weighted by Crippen LogP contribution is 2.19. The van der Waals surface area contributed by atoms with E-state index in [1.165, 1.54) is 19.3 Å². The van der Waals surface area contributed by atoms with Crippen LogP contribution in [0, 0.1) is 0 Å². The number of hydrogen-bond donors (Lipinski definition) is 1. The Morgan fingerprint density at radius 3 is 2.60 bits per heavy atom. The summed E-state index contributed by atoms with van der Waals surface area (Å²) in [6, 6.07) is 0.981. The van der Waals surface area contributed by atoms with Crippen molar-refractivity contribution in [3.05, 3.63) is 0 Å². The van der Waals surface area contributed by atoms with Crippen molar-refractivity contribution in [2.24, 2.45) is 0 Å². The molecule has 2 unspecified atom stereocenters. The van der Waals surface area contributed by atoms with Crippen LogP contribution < -0.4 is 5.32 Å². The van der Waals surface area contributed by atoms with Crippen LogP contribution in [0.1, 0.15) is 53.4 Å². The maximum Gasteiger partial charge on any atom is 0.236 e. The molecular weight excluding hydrogens is 250 g/mol. The molecule has 0 saturated carbocycles. The van der Waals surface area contributed by atoms with Gasteiger partial charge in [-0.25, -0.2) is 0 Å². The Balaban J connectivity index is 2.57. The molecule has 4 heteroatoms. The minimum atomic E-state index is 0.282. The molecule has 0 aromatic rings. The monoisotopic (exact) mass is 283 g/mol. The second-order valence-corrected chi connectivity index (χ2v) is 5.84. The minimum Gasteiger partial charge on any atom is -0.342 e. The maximum absolute atomic E-state index is 12.3. The van der Waals surface area contributed by atoms with E-state index in [9.17, 15) is 4.79 Å². The summed E-state index contributed by atoms with van der Waals surface area (Å²) in [5.74, 6) is 0.282. The lowest BCUT2D eigenvalue weighted by Gasteiger charge is -2.40. The first kappa shape index (κ1) is 17.4. The summed E-state index contributed by atoms with van der Waals surface area (Å²) in [6.45, 7) is 12.9. The fourth-order valence-electron chi connectivity index (χ4n) is 3.14. The van der Waals surface area contributed by atoms with Crippen LogP contribution in [0.5, 0.6) is 0 Å². The molecule has 2 atom stereocenters. The van der Waals surface area contributed by atoms with Crippen LogP contribution in [-0.4, -0.2) is 60.5 Å². The standard InChI is InChI=1S/C16H33N3O/c1-5-11-17-14(4)15-10-8-9-12-19(15)13-16(20)18(6-2)7-3/h14-15,17H,5-13H2,1-4H3. The summed E-state index contributed by atoms with van der Waals surface area (Å²) in [5.41, 5.74) is 0. The summed E-state index contributed by atoms with van der Waals surface area (Å²) in [5, 5.41) is 3.60. The molecule has 1 N–H and O–H groups in total. The molecule has 0 aromatic heterocycles. The first-order valence-corrected chi connectivity index (χ1v) is 8.39. The quantitative estimate of drug-likeness (QED) is 0.741. The second-order valence-electron chi connectivity index (χ2n) is 5.84. The molecule has 0 aromatic carbocycles. The third-order valence-corrected chi connectivity index (χ3v) is 4.41. The van der Waals surface area contributed by atoms with Gasteiger partial charge in [0.1, 0.15) is 0 Å². The summed E-state index contributed by atoms with van der Waals surface area (Å²) in [6.07, 6.45) is 4.89. The number of rotatable bonds is 8. The number of nitrogens with zero attached hydrogens (tertiary/aromatic N) is 2. The average Bonchev–Trinajstić information content (AvgIpc) is 2.46. The molecular formula is C16H33N3O. The highest BCUT2D eigenvalue weighted by molar-refractivity contribution is 5.78. The number of carbonyl (C=O) groups excluding carboxylic acids is 1. The maximum atomic E-state index is 12.3. The lowest BCUT2D eigenvalue weighted by molar-refractivity contribution is -0.133. The van der Waals surface area contributed by atoms with E-state index in [1.807, 2.05) is 4.90 Å². The zero-order valence-electron chi connectivity index (χ0n) is 13.8. The topological polar surface area (TPSA) is 35.6 Å². The van der Waals surface area contributed by atoms with E-state index < -0.39 is 0 Å². The normalized spacial score (nSPS) is 21.7. The van der Waals surface area contributed by atoms with Gasteiger partial charge in [-0.3, -0.25) is 9.69 Å². The van der Waals surface area contributed by atoms with Crippen LogP contribution in [0.4, 0.5) is 0 Å². The van der Waals surface area contributed by atoms with Crippen molar-refractivity contribution in [1.82, 2.24) is 15.1 Å². The van der Waals surface area contributed by atoms with Gasteiger partial charge in [0, 0.05) is 25.2 Å². The molecule has 1 amide bonds. The van der Waals surface area contributed by atoms with Gasteiger partial charge >= 0.3 is 0 Å². The molecule has 4 nitrogen and oxygen atoms in total. The number of hydrogen-bond acceptors (Lipinski definition) is 3. The van der Waals surface area contributed by atoms with E-state index in [-0.39, 0.29) is 5.91 Å². The minimum absolute atomic E-state index is 0.282. The first-order valence-electron chi connectivity index (χ1n) is 8.39. The molecule has 20 heavy (non-hydrogen) atoms. The Labute approximate surface area is 124 Å². The van der Waals surface area contributed by atoms with Crippen molar-refractivity contribution in [3.8, 4) is 0 Å². The van der Waals surface area contributed by atoms with E-state index in [1.54, 1.807) is 0 Å². The van der Waals surface area contributed by atoms with Crippen molar-refractivity contribution in [2.45, 2.75) is 65.5 Å². The molecule has 118 valence electrons. The van der Waals surface area contributed by atoms with E-state index in [0.717, 1.165) is 32.6 Å². The number of nitrogens with one attached hydrogen (secondary N) is 1. The Kier molecular flexibility index (Phi) is 8.15. The van der Waals surface area contributed by atoms with Crippen LogP contribution in [0.3, 0.4) is 0 Å². The van der Waals surface area contributed by atoms with E-state index in [4.69, 9.17) is 0 Å². The van der Waals surface area contributed by atoms with Crippen LogP contribution in [-0.2, 0) is 4.79 Å². The number of piperidine rings is 1. The third-order valence-electron chi connectivity index (χ3n) is 4.41. The second kappa shape index (κ2) is 9.35. The van der Waals surface area contributed by atoms with Crippen LogP contribution in [0.2, 0.25) is 0 Å². The van der Waals surface area contributed by atoms with E-state index in [2.05, 4.69) is 37.9 Å². The number of likely N-dealkylation sites (tertiary alicyclic amines) is 1. The average molecular weight is 283 g/mol. The van der Waals surface area contributed by atoms with Gasteiger partial charge in [-0.1, -0.05) is 13.3 Å². The summed E-state index contributed by atoms with van der Waals surface area (Å²) < 4.78 is 0. The zero-order chi connectivity index (χ0) is 15.0. The SMILES string of the molecule is CCCNC(C)C1CCCCN1CC(=O)N(CC)CC. The van der Waals surface area contributed by atoms with Gasteiger partial charge in [0.25, 0.3) is 0 Å². The number of amides is 1. The third kappa shape index (κ3) is 5.06. The highest BCUT2D eigenvalue weighted by atomic mass is 16.2. The molecule has 1 heterocycles. The molecule has 1 rings (SSSR count). The lowest BCUT2D eigenvalue weighted by Crippen LogP contribution is -2.54.